The summed E-state index contributed by atoms with van der Waals surface area (Å²) in [6.07, 6.45) is 44.6. The molecule has 0 aliphatic heterocycles. The van der Waals surface area contributed by atoms with Crippen LogP contribution in [-0.4, -0.2) is 96.7 Å². The van der Waals surface area contributed by atoms with E-state index in [2.05, 4.69) is 55.4 Å². The maximum absolute atomic E-state index is 13.0. The second kappa shape index (κ2) is 61.6. The van der Waals surface area contributed by atoms with Gasteiger partial charge in [0.1, 0.15) is 19.3 Å². The SMILES string of the molecule is CCC(C)CCCCCCCCC(=O)O[C@H](COC(=O)CCCCCCCCCC(C)C)COP(=O)(O)OCC(O)COP(=O)(O)OC[C@@H](COC(=O)CCCCCCCCCCCCCCCCCC(C)C)OC(=O)CCCCCCCCCCCCC(C)C. The van der Waals surface area contributed by atoms with Crippen LogP contribution in [0.1, 0.15) is 357 Å². The number of carbonyl (C=O) groups is 4. The van der Waals surface area contributed by atoms with Crippen molar-refractivity contribution in [1.29, 1.82) is 0 Å². The molecule has 91 heavy (non-hydrogen) atoms. The van der Waals surface area contributed by atoms with E-state index in [0.29, 0.717) is 31.6 Å². The first kappa shape index (κ1) is 89.1. The van der Waals surface area contributed by atoms with Crippen LogP contribution in [0.15, 0.2) is 0 Å². The molecule has 0 saturated carbocycles. The molecule has 0 amide bonds. The number of aliphatic hydroxyl groups excluding tert-OH is 1. The van der Waals surface area contributed by atoms with Crippen molar-refractivity contribution < 1.29 is 80.2 Å². The maximum atomic E-state index is 13.0. The summed E-state index contributed by atoms with van der Waals surface area (Å²) in [5.41, 5.74) is 0. The van der Waals surface area contributed by atoms with Crippen molar-refractivity contribution in [3.8, 4) is 0 Å². The Morgan fingerprint density at radius 3 is 0.780 bits per heavy atom. The second-order valence-electron chi connectivity index (χ2n) is 27.6. The Hall–Kier alpha value is -1.94. The van der Waals surface area contributed by atoms with Gasteiger partial charge in [-0.05, 0) is 49.4 Å². The van der Waals surface area contributed by atoms with E-state index in [9.17, 15) is 43.2 Å². The Balaban J connectivity index is 5.22. The summed E-state index contributed by atoms with van der Waals surface area (Å²) in [6, 6.07) is 0. The van der Waals surface area contributed by atoms with E-state index >= 15 is 0 Å². The number of rotatable bonds is 69. The van der Waals surface area contributed by atoms with Crippen molar-refractivity contribution in [3.05, 3.63) is 0 Å². The Morgan fingerprint density at radius 2 is 0.527 bits per heavy atom. The van der Waals surface area contributed by atoms with Crippen molar-refractivity contribution in [2.45, 2.75) is 375 Å². The molecule has 540 valence electrons. The van der Waals surface area contributed by atoms with Gasteiger partial charge in [0.2, 0.25) is 0 Å². The molecule has 0 aromatic heterocycles. The lowest BCUT2D eigenvalue weighted by Crippen LogP contribution is -2.30. The predicted octanol–water partition coefficient (Wildman–Crippen LogP) is 20.5. The average Bonchev–Trinajstić information content (AvgIpc) is 3.39. The smallest absolute Gasteiger partial charge is 0.462 e. The molecule has 0 radical (unpaired) electrons. The third-order valence-electron chi connectivity index (χ3n) is 16.9. The van der Waals surface area contributed by atoms with Crippen LogP contribution in [0.5, 0.6) is 0 Å². The Labute approximate surface area is 556 Å². The Kier molecular flexibility index (Phi) is 60.3. The zero-order valence-corrected chi connectivity index (χ0v) is 61.3. The molecule has 0 aliphatic rings. The van der Waals surface area contributed by atoms with E-state index in [0.717, 1.165) is 114 Å². The molecule has 0 rings (SSSR count). The van der Waals surface area contributed by atoms with Crippen LogP contribution >= 0.6 is 15.6 Å². The molecule has 19 heteroatoms. The highest BCUT2D eigenvalue weighted by atomic mass is 31.2. The van der Waals surface area contributed by atoms with E-state index in [-0.39, 0.29) is 25.7 Å². The highest BCUT2D eigenvalue weighted by molar-refractivity contribution is 7.47. The summed E-state index contributed by atoms with van der Waals surface area (Å²) in [6.45, 7) is 14.1. The van der Waals surface area contributed by atoms with Crippen molar-refractivity contribution in [1.82, 2.24) is 0 Å². The predicted molar refractivity (Wildman–Crippen MR) is 367 cm³/mol. The molecule has 0 aromatic carbocycles. The number of hydrogen-bond acceptors (Lipinski definition) is 15. The lowest BCUT2D eigenvalue weighted by atomic mass is 10.00. The first-order chi connectivity index (χ1) is 43.6. The zero-order valence-electron chi connectivity index (χ0n) is 59.5. The topological polar surface area (TPSA) is 237 Å². The lowest BCUT2D eigenvalue weighted by molar-refractivity contribution is -0.161. The van der Waals surface area contributed by atoms with Gasteiger partial charge in [-0.3, -0.25) is 37.3 Å². The maximum Gasteiger partial charge on any atom is 0.472 e. The monoisotopic (exact) mass is 1340 g/mol. The highest BCUT2D eigenvalue weighted by Gasteiger charge is 2.30. The van der Waals surface area contributed by atoms with Gasteiger partial charge in [0.15, 0.2) is 12.2 Å². The van der Waals surface area contributed by atoms with E-state index in [1.54, 1.807) is 0 Å². The molecule has 3 N–H and O–H groups in total. The van der Waals surface area contributed by atoms with E-state index in [4.69, 9.17) is 37.0 Å². The van der Waals surface area contributed by atoms with Gasteiger partial charge in [-0.1, -0.05) is 306 Å². The third-order valence-corrected chi connectivity index (χ3v) is 18.8. The number of esters is 4. The molecule has 17 nitrogen and oxygen atoms in total. The minimum Gasteiger partial charge on any atom is -0.462 e. The zero-order chi connectivity index (χ0) is 67.5. The van der Waals surface area contributed by atoms with Crippen LogP contribution in [0.2, 0.25) is 0 Å². The number of phosphoric ester groups is 2. The molecular formula is C72H140O17P2. The normalized spacial score (nSPS) is 14.5. The number of aliphatic hydroxyl groups is 1. The van der Waals surface area contributed by atoms with Gasteiger partial charge in [-0.2, -0.15) is 0 Å². The molecule has 0 heterocycles. The molecule has 6 atom stereocenters. The van der Waals surface area contributed by atoms with Gasteiger partial charge >= 0.3 is 39.5 Å². The van der Waals surface area contributed by atoms with Crippen LogP contribution in [-0.2, 0) is 65.4 Å². The average molecular weight is 1340 g/mol. The lowest BCUT2D eigenvalue weighted by Gasteiger charge is -2.21. The minimum absolute atomic E-state index is 0.102. The summed E-state index contributed by atoms with van der Waals surface area (Å²) < 4.78 is 68.3. The van der Waals surface area contributed by atoms with Crippen LogP contribution in [0, 0.1) is 23.7 Å². The van der Waals surface area contributed by atoms with Crippen LogP contribution in [0.4, 0.5) is 0 Å². The van der Waals surface area contributed by atoms with Gasteiger partial charge in [-0.15, -0.1) is 0 Å². The van der Waals surface area contributed by atoms with E-state index in [1.807, 2.05) is 0 Å². The largest absolute Gasteiger partial charge is 0.472 e. The van der Waals surface area contributed by atoms with Crippen molar-refractivity contribution in [3.63, 3.8) is 0 Å². The number of carbonyl (C=O) groups excluding carboxylic acids is 4. The standard InChI is InChI=1S/C72H140O17P2/c1-9-65(8)51-43-35-30-31-39-47-55-72(77)89-68(59-83-70(75)53-45-37-29-23-26-34-42-50-64(6)7)61-87-91(80,81)85-57-66(73)56-84-90(78,79)86-60-67(88-71(76)54-46-38-28-22-18-17-20-25-33-41-49-63(4)5)58-82-69(74)52-44-36-27-21-16-14-12-10-11-13-15-19-24-32-40-48-62(2)3/h62-68,73H,9-61H2,1-8H3,(H,78,79)(H,80,81)/t65?,66?,67-,68-/m1/s1. The molecule has 0 saturated heterocycles. The quantitative estimate of drug-likeness (QED) is 0.0222. The number of ether oxygens (including phenoxy) is 4. The first-order valence-electron chi connectivity index (χ1n) is 37.2. The molecule has 0 spiro atoms. The van der Waals surface area contributed by atoms with Crippen molar-refractivity contribution in [2.24, 2.45) is 23.7 Å². The summed E-state index contributed by atoms with van der Waals surface area (Å²) in [5, 5.41) is 10.6. The van der Waals surface area contributed by atoms with Crippen LogP contribution in [0.25, 0.3) is 0 Å². The fourth-order valence-electron chi connectivity index (χ4n) is 10.8. The third kappa shape index (κ3) is 65.1. The number of phosphoric acid groups is 2. The number of unbranched alkanes of at least 4 members (excludes halogenated alkanes) is 34. The summed E-state index contributed by atoms with van der Waals surface area (Å²) in [5.74, 6) is 0.853. The fraction of sp³-hybridized carbons (Fsp3) is 0.944. The van der Waals surface area contributed by atoms with Crippen molar-refractivity contribution >= 4 is 39.5 Å². The fourth-order valence-corrected chi connectivity index (χ4v) is 12.4. The molecule has 4 unspecified atom stereocenters. The molecule has 0 aromatic rings. The Morgan fingerprint density at radius 1 is 0.308 bits per heavy atom. The summed E-state index contributed by atoms with van der Waals surface area (Å²) in [7, 11) is -9.90. The van der Waals surface area contributed by atoms with E-state index < -0.39 is 97.5 Å². The van der Waals surface area contributed by atoms with Gasteiger partial charge in [0.05, 0.1) is 26.4 Å². The van der Waals surface area contributed by atoms with Gasteiger partial charge in [-0.25, -0.2) is 9.13 Å². The van der Waals surface area contributed by atoms with Gasteiger partial charge < -0.3 is 33.8 Å². The minimum atomic E-state index is -4.95. The van der Waals surface area contributed by atoms with Crippen LogP contribution < -0.4 is 0 Å². The first-order valence-corrected chi connectivity index (χ1v) is 40.2. The van der Waals surface area contributed by atoms with Crippen LogP contribution in [0.3, 0.4) is 0 Å². The molecule has 0 aliphatic carbocycles. The van der Waals surface area contributed by atoms with Gasteiger partial charge in [0.25, 0.3) is 0 Å². The highest BCUT2D eigenvalue weighted by Crippen LogP contribution is 2.45. The molecule has 0 bridgehead atoms. The number of hydrogen-bond donors (Lipinski definition) is 3. The Bertz CT molecular complexity index is 1800. The summed E-state index contributed by atoms with van der Waals surface area (Å²) >= 11 is 0. The van der Waals surface area contributed by atoms with Crippen molar-refractivity contribution in [2.75, 3.05) is 39.6 Å². The summed E-state index contributed by atoms with van der Waals surface area (Å²) in [4.78, 5) is 72.6. The van der Waals surface area contributed by atoms with Gasteiger partial charge in [0, 0.05) is 25.7 Å². The van der Waals surface area contributed by atoms with E-state index in [1.165, 1.54) is 154 Å². The second-order valence-corrected chi connectivity index (χ2v) is 30.6. The molecule has 0 fully saturated rings. The molecular weight excluding hydrogens is 1200 g/mol.